The molecule has 1 heterocycles. The van der Waals surface area contributed by atoms with Crippen molar-refractivity contribution in [3.8, 4) is 17.2 Å². The summed E-state index contributed by atoms with van der Waals surface area (Å²) >= 11 is 0. The number of nitrogens with zero attached hydrogens (tertiary/aromatic N) is 1. The highest BCUT2D eigenvalue weighted by Gasteiger charge is 2.14. The van der Waals surface area contributed by atoms with Gasteiger partial charge < -0.3 is 29.3 Å². The van der Waals surface area contributed by atoms with E-state index in [4.69, 9.17) is 18.6 Å². The van der Waals surface area contributed by atoms with Crippen LogP contribution in [0.2, 0.25) is 0 Å². The second-order valence-electron chi connectivity index (χ2n) is 5.92. The fourth-order valence-corrected chi connectivity index (χ4v) is 2.40. The number of aliphatic imine (C=N–C) groups is 1. The van der Waals surface area contributed by atoms with Crippen LogP contribution in [0, 0.1) is 0 Å². The Morgan fingerprint density at radius 3 is 2.37 bits per heavy atom. The Labute approximate surface area is 160 Å². The number of anilines is 1. The number of guanidine groups is 1. The van der Waals surface area contributed by atoms with E-state index in [0.717, 1.165) is 23.4 Å². The first-order chi connectivity index (χ1) is 13.1. The number of benzene rings is 1. The Hall–Kier alpha value is -3.09. The first-order valence-corrected chi connectivity index (χ1v) is 8.59. The second kappa shape index (κ2) is 10.2. The lowest BCUT2D eigenvalue weighted by Gasteiger charge is -2.17. The zero-order chi connectivity index (χ0) is 19.6. The maximum Gasteiger partial charge on any atom is 0.203 e. The minimum Gasteiger partial charge on any atom is -0.493 e. The van der Waals surface area contributed by atoms with Gasteiger partial charge in [0.25, 0.3) is 0 Å². The Bertz CT molecular complexity index is 745. The van der Waals surface area contributed by atoms with Crippen molar-refractivity contribution >= 4 is 11.6 Å². The maximum atomic E-state index is 5.40. The van der Waals surface area contributed by atoms with Crippen LogP contribution in [0.3, 0.4) is 0 Å². The van der Waals surface area contributed by atoms with E-state index < -0.39 is 0 Å². The third-order valence-electron chi connectivity index (χ3n) is 3.68. The number of rotatable bonds is 9. The fourth-order valence-electron chi connectivity index (χ4n) is 2.40. The Morgan fingerprint density at radius 1 is 1.15 bits per heavy atom. The second-order valence-corrected chi connectivity index (χ2v) is 5.92. The average molecular weight is 373 g/mol. The van der Waals surface area contributed by atoms with Crippen LogP contribution in [0.4, 0.5) is 5.69 Å². The molecular weight excluding hydrogens is 346 g/mol. The predicted molar refractivity (Wildman–Crippen MR) is 107 cm³/mol. The van der Waals surface area contributed by atoms with Gasteiger partial charge in [-0.2, -0.15) is 0 Å². The van der Waals surface area contributed by atoms with Gasteiger partial charge in [-0.3, -0.25) is 0 Å². The average Bonchev–Trinajstić information content (AvgIpc) is 3.18. The molecule has 7 nitrogen and oxygen atoms in total. The van der Waals surface area contributed by atoms with Gasteiger partial charge in [-0.15, -0.1) is 0 Å². The summed E-state index contributed by atoms with van der Waals surface area (Å²) in [7, 11) is 4.74. The Balaban J connectivity index is 2.15. The lowest BCUT2D eigenvalue weighted by molar-refractivity contribution is 0.324. The van der Waals surface area contributed by atoms with E-state index in [9.17, 15) is 0 Å². The molecule has 1 aromatic carbocycles. The van der Waals surface area contributed by atoms with E-state index in [0.29, 0.717) is 36.3 Å². The number of nitrogens with one attached hydrogen (secondary N) is 2. The maximum absolute atomic E-state index is 5.40. The molecule has 0 bridgehead atoms. The van der Waals surface area contributed by atoms with Crippen LogP contribution in [-0.2, 0) is 6.42 Å². The first-order valence-electron chi connectivity index (χ1n) is 8.59. The molecule has 2 aromatic rings. The molecule has 0 unspecified atom stereocenters. The predicted octanol–water partition coefficient (Wildman–Crippen LogP) is 3.48. The molecule has 0 radical (unpaired) electrons. The van der Waals surface area contributed by atoms with Gasteiger partial charge in [-0.05, 0) is 19.1 Å². The van der Waals surface area contributed by atoms with Gasteiger partial charge in [0.15, 0.2) is 17.5 Å². The summed E-state index contributed by atoms with van der Waals surface area (Å²) in [4.78, 5) is 4.54. The van der Waals surface area contributed by atoms with E-state index in [1.165, 1.54) is 0 Å². The van der Waals surface area contributed by atoms with Crippen LogP contribution >= 0.6 is 0 Å². The number of hydrogen-bond donors (Lipinski definition) is 2. The van der Waals surface area contributed by atoms with Gasteiger partial charge in [0.1, 0.15) is 5.76 Å². The van der Waals surface area contributed by atoms with Crippen molar-refractivity contribution in [3.63, 3.8) is 0 Å². The molecule has 7 heteroatoms. The molecule has 0 aliphatic rings. The van der Waals surface area contributed by atoms with Crippen molar-refractivity contribution in [1.82, 2.24) is 5.32 Å². The van der Waals surface area contributed by atoms with E-state index in [1.54, 1.807) is 27.6 Å². The summed E-state index contributed by atoms with van der Waals surface area (Å²) in [5, 5.41) is 6.56. The van der Waals surface area contributed by atoms with Gasteiger partial charge in [-0.25, -0.2) is 4.99 Å². The normalized spacial score (nSPS) is 11.0. The van der Waals surface area contributed by atoms with Crippen molar-refractivity contribution in [2.24, 2.45) is 4.99 Å². The molecule has 0 aliphatic heterocycles. The van der Waals surface area contributed by atoms with E-state index in [1.807, 2.05) is 31.2 Å². The Kier molecular flexibility index (Phi) is 7.61. The molecule has 0 aliphatic carbocycles. The van der Waals surface area contributed by atoms with Gasteiger partial charge >= 0.3 is 0 Å². The summed E-state index contributed by atoms with van der Waals surface area (Å²) in [6, 6.07) is 7.47. The highest BCUT2D eigenvalue weighted by Crippen LogP contribution is 2.39. The molecule has 27 heavy (non-hydrogen) atoms. The molecule has 0 atom stereocenters. The molecule has 1 aromatic heterocycles. The van der Waals surface area contributed by atoms with Crippen molar-refractivity contribution in [2.75, 3.05) is 39.7 Å². The summed E-state index contributed by atoms with van der Waals surface area (Å²) in [6.07, 6.45) is 2.41. The summed E-state index contributed by atoms with van der Waals surface area (Å²) in [5.41, 5.74) is 1.72. The molecule has 0 amide bonds. The lowest BCUT2D eigenvalue weighted by Crippen LogP contribution is -2.32. The molecule has 146 valence electrons. The fraction of sp³-hybridized carbons (Fsp3) is 0.350. The lowest BCUT2D eigenvalue weighted by atomic mass is 10.2. The topological polar surface area (TPSA) is 77.3 Å². The molecular formula is C20H27N3O4. The minimum absolute atomic E-state index is 0.514. The van der Waals surface area contributed by atoms with Crippen molar-refractivity contribution in [1.29, 1.82) is 0 Å². The number of furan rings is 1. The van der Waals surface area contributed by atoms with Gasteiger partial charge in [0.05, 0.1) is 34.1 Å². The van der Waals surface area contributed by atoms with Crippen molar-refractivity contribution < 1.29 is 18.6 Å². The minimum atomic E-state index is 0.514. The van der Waals surface area contributed by atoms with Crippen LogP contribution in [0.25, 0.3) is 0 Å². The Morgan fingerprint density at radius 2 is 1.85 bits per heavy atom. The van der Waals surface area contributed by atoms with E-state index in [2.05, 4.69) is 22.2 Å². The smallest absolute Gasteiger partial charge is 0.203 e. The molecule has 0 saturated carbocycles. The highest BCUT2D eigenvalue weighted by molar-refractivity contribution is 5.94. The van der Waals surface area contributed by atoms with E-state index >= 15 is 0 Å². The van der Waals surface area contributed by atoms with E-state index in [-0.39, 0.29) is 0 Å². The van der Waals surface area contributed by atoms with Crippen LogP contribution in [-0.4, -0.2) is 40.4 Å². The standard InChI is InChI=1S/C20H27N3O4/c1-14(2)13-22-20(21-9-8-16-7-6-10-27-16)23-15-11-17(24-3)19(26-5)18(12-15)25-4/h6-7,10-12H,1,8-9,13H2,2-5H3,(H2,21,22,23). The van der Waals surface area contributed by atoms with Crippen molar-refractivity contribution in [2.45, 2.75) is 13.3 Å². The molecule has 0 saturated heterocycles. The molecule has 2 N–H and O–H groups in total. The number of ether oxygens (including phenoxy) is 3. The molecule has 0 fully saturated rings. The summed E-state index contributed by atoms with van der Waals surface area (Å²) < 4.78 is 21.5. The number of hydrogen-bond acceptors (Lipinski definition) is 5. The van der Waals surface area contributed by atoms with Gasteiger partial charge in [0, 0.05) is 30.8 Å². The zero-order valence-corrected chi connectivity index (χ0v) is 16.3. The third kappa shape index (κ3) is 5.99. The SMILES string of the molecule is C=C(C)CN=C(NCCc1ccco1)Nc1cc(OC)c(OC)c(OC)c1. The quantitative estimate of drug-likeness (QED) is 0.398. The molecule has 2 rings (SSSR count). The highest BCUT2D eigenvalue weighted by atomic mass is 16.5. The largest absolute Gasteiger partial charge is 0.493 e. The van der Waals surface area contributed by atoms with Crippen molar-refractivity contribution in [3.05, 3.63) is 48.4 Å². The summed E-state index contributed by atoms with van der Waals surface area (Å²) in [5.74, 6) is 3.20. The van der Waals surface area contributed by atoms with Crippen LogP contribution < -0.4 is 24.8 Å². The first kappa shape index (κ1) is 20.2. The van der Waals surface area contributed by atoms with Gasteiger partial charge in [0.2, 0.25) is 5.75 Å². The third-order valence-corrected chi connectivity index (χ3v) is 3.68. The molecule has 0 spiro atoms. The monoisotopic (exact) mass is 373 g/mol. The van der Waals surface area contributed by atoms with Crippen LogP contribution in [0.15, 0.2) is 52.1 Å². The van der Waals surface area contributed by atoms with Crippen LogP contribution in [0.1, 0.15) is 12.7 Å². The zero-order valence-electron chi connectivity index (χ0n) is 16.3. The number of methoxy groups -OCH3 is 3. The summed E-state index contributed by atoms with van der Waals surface area (Å²) in [6.45, 7) is 7.01. The van der Waals surface area contributed by atoms with Crippen LogP contribution in [0.5, 0.6) is 17.2 Å². The van der Waals surface area contributed by atoms with Gasteiger partial charge in [-0.1, -0.05) is 12.2 Å².